The van der Waals surface area contributed by atoms with Crippen LogP contribution in [-0.2, 0) is 5.41 Å². The van der Waals surface area contributed by atoms with Gasteiger partial charge in [0.15, 0.2) is 0 Å². The minimum Gasteiger partial charge on any atom is -0.311 e. The molecular formula is C61H40BNS. The van der Waals surface area contributed by atoms with Crippen LogP contribution in [-0.4, -0.2) is 6.71 Å². The summed E-state index contributed by atoms with van der Waals surface area (Å²) in [5.41, 5.74) is 22.2. The Labute approximate surface area is 379 Å². The fourth-order valence-electron chi connectivity index (χ4n) is 11.0. The molecule has 0 aromatic heterocycles. The second-order valence-electron chi connectivity index (χ2n) is 17.2. The summed E-state index contributed by atoms with van der Waals surface area (Å²) in [6.07, 6.45) is 0. The molecule has 3 heteroatoms. The van der Waals surface area contributed by atoms with Crippen LogP contribution in [0.2, 0.25) is 0 Å². The van der Waals surface area contributed by atoms with Crippen molar-refractivity contribution in [1.82, 2.24) is 0 Å². The van der Waals surface area contributed by atoms with Crippen molar-refractivity contribution in [2.45, 2.75) is 15.2 Å². The maximum atomic E-state index is 2.57. The Morgan fingerprint density at radius 3 is 1.44 bits per heavy atom. The van der Waals surface area contributed by atoms with Gasteiger partial charge in [-0.2, -0.15) is 0 Å². The van der Waals surface area contributed by atoms with E-state index in [1.807, 2.05) is 11.8 Å². The van der Waals surface area contributed by atoms with E-state index in [9.17, 15) is 0 Å². The molecule has 1 nitrogen and oxygen atoms in total. The second-order valence-corrected chi connectivity index (χ2v) is 18.2. The Kier molecular flexibility index (Phi) is 8.54. The highest BCUT2D eigenvalue weighted by Gasteiger charge is 2.48. The molecule has 0 radical (unpaired) electrons. The first-order valence-electron chi connectivity index (χ1n) is 22.2. The summed E-state index contributed by atoms with van der Waals surface area (Å²) >= 11 is 1.93. The topological polar surface area (TPSA) is 3.24 Å². The molecule has 298 valence electrons. The van der Waals surface area contributed by atoms with Gasteiger partial charge in [-0.1, -0.05) is 223 Å². The Bertz CT molecular complexity index is 3360. The van der Waals surface area contributed by atoms with Gasteiger partial charge in [-0.25, -0.2) is 0 Å². The van der Waals surface area contributed by atoms with Crippen molar-refractivity contribution in [2.24, 2.45) is 0 Å². The van der Waals surface area contributed by atoms with Crippen LogP contribution in [0.4, 0.5) is 17.1 Å². The Balaban J connectivity index is 1.12. The molecule has 2 heterocycles. The summed E-state index contributed by atoms with van der Waals surface area (Å²) < 4.78 is 0. The van der Waals surface area contributed by atoms with E-state index in [1.165, 1.54) is 104 Å². The minimum absolute atomic E-state index is 0.00768. The normalized spacial score (nSPS) is 13.6. The predicted octanol–water partition coefficient (Wildman–Crippen LogP) is 13.8. The fourth-order valence-corrected chi connectivity index (χ4v) is 12.2. The van der Waals surface area contributed by atoms with Gasteiger partial charge in [0.25, 0.3) is 0 Å². The summed E-state index contributed by atoms with van der Waals surface area (Å²) in [6, 6.07) is 90.5. The largest absolute Gasteiger partial charge is 0.311 e. The third kappa shape index (κ3) is 5.61. The van der Waals surface area contributed by atoms with Gasteiger partial charge in [0.1, 0.15) is 0 Å². The van der Waals surface area contributed by atoms with E-state index in [-0.39, 0.29) is 6.71 Å². The van der Waals surface area contributed by atoms with Gasteiger partial charge < -0.3 is 4.90 Å². The van der Waals surface area contributed by atoms with Crippen LogP contribution in [0.5, 0.6) is 0 Å². The van der Waals surface area contributed by atoms with Crippen LogP contribution in [0.1, 0.15) is 22.3 Å². The number of hydrogen-bond acceptors (Lipinski definition) is 2. The van der Waals surface area contributed by atoms with Crippen LogP contribution in [0.25, 0.3) is 44.5 Å². The van der Waals surface area contributed by atoms with Crippen LogP contribution in [0, 0.1) is 0 Å². The average Bonchev–Trinajstić information content (AvgIpc) is 3.68. The van der Waals surface area contributed by atoms with Crippen molar-refractivity contribution >= 4 is 51.9 Å². The molecule has 1 aliphatic carbocycles. The van der Waals surface area contributed by atoms with Gasteiger partial charge in [-0.3, -0.25) is 0 Å². The first-order valence-corrected chi connectivity index (χ1v) is 23.0. The SMILES string of the molecule is c1ccc(-c2ccc(N3c4ccc(-c5ccccc5)cc4B4c5cc(-c6ccccc6)ccc5Sc5cc(C6(c7ccccc7)c7ccccc7-c7ccccc76)cc3c54)cc2)cc1. The lowest BCUT2D eigenvalue weighted by molar-refractivity contribution is 0.766. The number of anilines is 3. The zero-order valence-electron chi connectivity index (χ0n) is 35.0. The molecule has 0 spiro atoms. The molecule has 0 atom stereocenters. The number of hydrogen-bond donors (Lipinski definition) is 0. The fraction of sp³-hybridized carbons (Fsp3) is 0.0164. The lowest BCUT2D eigenvalue weighted by Gasteiger charge is -2.42. The van der Waals surface area contributed by atoms with Gasteiger partial charge in [-0.05, 0) is 114 Å². The van der Waals surface area contributed by atoms with Gasteiger partial charge in [0.05, 0.1) is 5.41 Å². The van der Waals surface area contributed by atoms with Gasteiger partial charge >= 0.3 is 0 Å². The summed E-state index contributed by atoms with van der Waals surface area (Å²) in [6.45, 7) is 0.00768. The second kappa shape index (κ2) is 14.8. The molecule has 2 aliphatic heterocycles. The summed E-state index contributed by atoms with van der Waals surface area (Å²) in [7, 11) is 0. The van der Waals surface area contributed by atoms with Gasteiger partial charge in [-0.15, -0.1) is 0 Å². The van der Waals surface area contributed by atoms with Crippen molar-refractivity contribution in [3.8, 4) is 44.5 Å². The van der Waals surface area contributed by atoms with E-state index >= 15 is 0 Å². The molecule has 64 heavy (non-hydrogen) atoms. The molecule has 0 N–H and O–H groups in total. The van der Waals surface area contributed by atoms with Crippen LogP contribution < -0.4 is 21.3 Å². The van der Waals surface area contributed by atoms with E-state index < -0.39 is 5.41 Å². The third-order valence-corrected chi connectivity index (χ3v) is 15.0. The maximum Gasteiger partial charge on any atom is 0.249 e. The molecule has 0 saturated heterocycles. The zero-order chi connectivity index (χ0) is 42.2. The predicted molar refractivity (Wildman–Crippen MR) is 270 cm³/mol. The van der Waals surface area contributed by atoms with Gasteiger partial charge in [0, 0.05) is 26.9 Å². The molecule has 10 aromatic rings. The van der Waals surface area contributed by atoms with Crippen LogP contribution >= 0.6 is 11.8 Å². The highest BCUT2D eigenvalue weighted by atomic mass is 32.2. The summed E-state index contributed by atoms with van der Waals surface area (Å²) in [5.74, 6) is 0. The highest BCUT2D eigenvalue weighted by molar-refractivity contribution is 8.00. The standard InChI is InChI=1S/C61H40BNS/c1-5-17-41(18-6-1)44-29-33-49(34-30-44)63-56-35-31-45(42-19-7-2-8-20-42)37-54(56)62-55-38-46(43-21-9-3-10-22-43)32-36-58(55)64-59-40-48(39-57(63)60(59)62)61(47-23-11-4-12-24-47)52-27-15-13-25-50(52)51-26-14-16-28-53(51)61/h1-40H. The zero-order valence-corrected chi connectivity index (χ0v) is 35.8. The lowest BCUT2D eigenvalue weighted by Crippen LogP contribution is -2.60. The molecule has 13 rings (SSSR count). The molecule has 0 amide bonds. The van der Waals surface area contributed by atoms with Crippen LogP contribution in [0.15, 0.2) is 252 Å². The quantitative estimate of drug-likeness (QED) is 0.154. The summed E-state index contributed by atoms with van der Waals surface area (Å²) in [5, 5.41) is 0. The van der Waals surface area contributed by atoms with E-state index in [0.717, 1.165) is 5.69 Å². The monoisotopic (exact) mass is 829 g/mol. The smallest absolute Gasteiger partial charge is 0.249 e. The van der Waals surface area contributed by atoms with Crippen molar-refractivity contribution in [3.05, 3.63) is 265 Å². The van der Waals surface area contributed by atoms with E-state index in [1.54, 1.807) is 0 Å². The van der Waals surface area contributed by atoms with Crippen molar-refractivity contribution < 1.29 is 0 Å². The first-order chi connectivity index (χ1) is 31.7. The highest BCUT2D eigenvalue weighted by Crippen LogP contribution is 2.57. The molecule has 10 aromatic carbocycles. The number of fused-ring (bicyclic) bond motifs is 7. The van der Waals surface area contributed by atoms with Crippen LogP contribution in [0.3, 0.4) is 0 Å². The third-order valence-electron chi connectivity index (χ3n) is 13.8. The first kappa shape index (κ1) is 37.0. The van der Waals surface area contributed by atoms with E-state index in [0.29, 0.717) is 0 Å². The van der Waals surface area contributed by atoms with E-state index in [4.69, 9.17) is 0 Å². The molecule has 0 bridgehead atoms. The molecule has 0 fully saturated rings. The van der Waals surface area contributed by atoms with E-state index in [2.05, 4.69) is 248 Å². The number of benzene rings is 10. The van der Waals surface area contributed by atoms with Crippen molar-refractivity contribution in [2.75, 3.05) is 4.90 Å². The lowest BCUT2D eigenvalue weighted by atomic mass is 9.34. The maximum absolute atomic E-state index is 2.57. The summed E-state index contributed by atoms with van der Waals surface area (Å²) in [4.78, 5) is 5.17. The van der Waals surface area contributed by atoms with Crippen molar-refractivity contribution in [1.29, 1.82) is 0 Å². The minimum atomic E-state index is -0.548. The van der Waals surface area contributed by atoms with Crippen molar-refractivity contribution in [3.63, 3.8) is 0 Å². The number of rotatable bonds is 6. The Morgan fingerprint density at radius 2 is 0.828 bits per heavy atom. The molecule has 0 saturated carbocycles. The molecular weight excluding hydrogens is 790 g/mol. The van der Waals surface area contributed by atoms with Gasteiger partial charge in [0.2, 0.25) is 6.71 Å². The number of nitrogens with zero attached hydrogens (tertiary/aromatic N) is 1. The average molecular weight is 830 g/mol. The molecule has 0 unspecified atom stereocenters. The Hall–Kier alpha value is -7.59. The Morgan fingerprint density at radius 1 is 0.344 bits per heavy atom. The molecule has 3 aliphatic rings.